The van der Waals surface area contributed by atoms with E-state index in [2.05, 4.69) is 10.3 Å². The molecule has 0 saturated heterocycles. The lowest BCUT2D eigenvalue weighted by molar-refractivity contribution is 0.0931. The third kappa shape index (κ3) is 4.15. The minimum Gasteiger partial charge on any atom is -0.486 e. The highest BCUT2D eigenvalue weighted by atomic mass is 16.6. The summed E-state index contributed by atoms with van der Waals surface area (Å²) in [7, 11) is 0. The lowest BCUT2D eigenvalue weighted by Gasteiger charge is -2.23. The van der Waals surface area contributed by atoms with Crippen molar-refractivity contribution in [1.29, 1.82) is 0 Å². The summed E-state index contributed by atoms with van der Waals surface area (Å²) in [5.41, 5.74) is 1.57. The number of hydrogen-bond acceptors (Lipinski definition) is 5. The van der Waals surface area contributed by atoms with E-state index in [9.17, 15) is 4.79 Å². The first kappa shape index (κ1) is 17.6. The zero-order valence-electron chi connectivity index (χ0n) is 15.6. The Kier molecular flexibility index (Phi) is 4.88. The predicted octanol–water partition coefficient (Wildman–Crippen LogP) is 3.52. The number of nitrogens with one attached hydrogen (secondary N) is 1. The van der Waals surface area contributed by atoms with Gasteiger partial charge in [0.05, 0.1) is 17.7 Å². The van der Waals surface area contributed by atoms with Crippen LogP contribution in [0.4, 0.5) is 0 Å². The van der Waals surface area contributed by atoms with Gasteiger partial charge in [0, 0.05) is 12.3 Å². The first-order valence-corrected chi connectivity index (χ1v) is 9.43. The van der Waals surface area contributed by atoms with Gasteiger partial charge in [0.2, 0.25) is 5.88 Å². The fourth-order valence-corrected chi connectivity index (χ4v) is 3.21. The Morgan fingerprint density at radius 1 is 1.15 bits per heavy atom. The van der Waals surface area contributed by atoms with E-state index in [0.717, 1.165) is 29.9 Å². The van der Waals surface area contributed by atoms with Gasteiger partial charge in [-0.15, -0.1) is 0 Å². The van der Waals surface area contributed by atoms with Crippen molar-refractivity contribution in [3.05, 3.63) is 47.7 Å². The monoisotopic (exact) mass is 368 g/mol. The Labute approximate surface area is 158 Å². The Balaban J connectivity index is 1.49. The number of benzene rings is 1. The maximum Gasteiger partial charge on any atom is 0.253 e. The van der Waals surface area contributed by atoms with Crippen molar-refractivity contribution in [3.8, 4) is 17.4 Å². The molecule has 0 unspecified atom stereocenters. The van der Waals surface area contributed by atoms with Crippen LogP contribution in [0.2, 0.25) is 0 Å². The molecule has 2 aliphatic rings. The molecule has 2 aromatic rings. The summed E-state index contributed by atoms with van der Waals surface area (Å²) in [5, 5.41) is 3.16. The Bertz CT molecular complexity index is 815. The van der Waals surface area contributed by atoms with Gasteiger partial charge in [-0.3, -0.25) is 4.79 Å². The van der Waals surface area contributed by atoms with Crippen molar-refractivity contribution in [2.24, 2.45) is 5.92 Å². The first-order chi connectivity index (χ1) is 13.1. The maximum atomic E-state index is 12.7. The Morgan fingerprint density at radius 2 is 1.93 bits per heavy atom. The predicted molar refractivity (Wildman–Crippen MR) is 100 cm³/mol. The van der Waals surface area contributed by atoms with Crippen LogP contribution in [0.5, 0.6) is 17.4 Å². The van der Waals surface area contributed by atoms with Gasteiger partial charge in [0.25, 0.3) is 5.91 Å². The smallest absolute Gasteiger partial charge is 0.253 e. The first-order valence-electron chi connectivity index (χ1n) is 9.43. The van der Waals surface area contributed by atoms with Gasteiger partial charge in [-0.2, -0.15) is 0 Å². The number of ether oxygens (including phenoxy) is 3. The van der Waals surface area contributed by atoms with Gasteiger partial charge in [-0.1, -0.05) is 6.07 Å². The lowest BCUT2D eigenvalue weighted by Crippen LogP contribution is -2.30. The highest BCUT2D eigenvalue weighted by Gasteiger charge is 2.34. The standard InChI is InChI=1S/C21H24N2O4/c1-13(2)27-19-8-6-16(12-22-19)21(24)23-20(14-3-4-14)15-5-7-17-18(11-15)26-10-9-25-17/h5-8,11-14,20H,3-4,9-10H2,1-2H3,(H,23,24)/t20-/m1/s1. The molecule has 6 heteroatoms. The van der Waals surface area contributed by atoms with Gasteiger partial charge in [-0.25, -0.2) is 4.98 Å². The van der Waals surface area contributed by atoms with Gasteiger partial charge >= 0.3 is 0 Å². The number of carbonyl (C=O) groups excluding carboxylic acids is 1. The molecular weight excluding hydrogens is 344 g/mol. The van der Waals surface area contributed by atoms with E-state index in [1.165, 1.54) is 0 Å². The van der Waals surface area contributed by atoms with E-state index < -0.39 is 0 Å². The Morgan fingerprint density at radius 3 is 2.59 bits per heavy atom. The van der Waals surface area contributed by atoms with Crippen LogP contribution in [0, 0.1) is 5.92 Å². The van der Waals surface area contributed by atoms with E-state index >= 15 is 0 Å². The maximum absolute atomic E-state index is 12.7. The van der Waals surface area contributed by atoms with E-state index in [1.54, 1.807) is 18.3 Å². The third-order valence-corrected chi connectivity index (χ3v) is 4.66. The molecule has 1 aliphatic carbocycles. The normalized spacial score (nSPS) is 16.7. The van der Waals surface area contributed by atoms with E-state index in [4.69, 9.17) is 14.2 Å². The minimum absolute atomic E-state index is 0.0417. The molecule has 1 N–H and O–H groups in total. The van der Waals surface area contributed by atoms with Crippen LogP contribution in [0.3, 0.4) is 0 Å². The number of nitrogens with zero attached hydrogens (tertiary/aromatic N) is 1. The quantitative estimate of drug-likeness (QED) is 0.845. The molecule has 0 spiro atoms. The van der Waals surface area contributed by atoms with Gasteiger partial charge in [0.1, 0.15) is 13.2 Å². The molecule has 1 aromatic heterocycles. The molecule has 1 aromatic carbocycles. The van der Waals surface area contributed by atoms with Crippen LogP contribution >= 0.6 is 0 Å². The van der Waals surface area contributed by atoms with Crippen molar-refractivity contribution in [2.75, 3.05) is 13.2 Å². The molecule has 2 heterocycles. The van der Waals surface area contributed by atoms with Crippen LogP contribution in [0.25, 0.3) is 0 Å². The van der Waals surface area contributed by atoms with Gasteiger partial charge in [-0.05, 0) is 56.4 Å². The molecule has 6 nitrogen and oxygen atoms in total. The third-order valence-electron chi connectivity index (χ3n) is 4.66. The summed E-state index contributed by atoms with van der Waals surface area (Å²) < 4.78 is 16.8. The van der Waals surface area contributed by atoms with Crippen LogP contribution in [0.1, 0.15) is 48.7 Å². The second-order valence-corrected chi connectivity index (χ2v) is 7.24. The van der Waals surface area contributed by atoms with Crippen molar-refractivity contribution in [3.63, 3.8) is 0 Å². The lowest BCUT2D eigenvalue weighted by atomic mass is 10.0. The summed E-state index contributed by atoms with van der Waals surface area (Å²) in [4.78, 5) is 17.0. The molecule has 142 valence electrons. The zero-order chi connectivity index (χ0) is 18.8. The fraction of sp³-hybridized carbons (Fsp3) is 0.429. The molecule has 0 radical (unpaired) electrons. The minimum atomic E-state index is -0.134. The van der Waals surface area contributed by atoms with Crippen LogP contribution in [0.15, 0.2) is 36.5 Å². The number of carbonyl (C=O) groups is 1. The molecular formula is C21H24N2O4. The van der Waals surface area contributed by atoms with E-state index in [1.807, 2.05) is 32.0 Å². The second-order valence-electron chi connectivity index (χ2n) is 7.24. The number of pyridine rings is 1. The van der Waals surface area contributed by atoms with Crippen molar-refractivity contribution in [2.45, 2.75) is 38.8 Å². The van der Waals surface area contributed by atoms with Crippen molar-refractivity contribution < 1.29 is 19.0 Å². The highest BCUT2D eigenvalue weighted by Crippen LogP contribution is 2.43. The summed E-state index contributed by atoms with van der Waals surface area (Å²) >= 11 is 0. The molecule has 1 saturated carbocycles. The number of aromatic nitrogens is 1. The molecule has 27 heavy (non-hydrogen) atoms. The van der Waals surface area contributed by atoms with Crippen molar-refractivity contribution >= 4 is 5.91 Å². The summed E-state index contributed by atoms with van der Waals surface area (Å²) in [6.07, 6.45) is 3.82. The van der Waals surface area contributed by atoms with Crippen LogP contribution in [-0.2, 0) is 0 Å². The molecule has 1 aliphatic heterocycles. The number of amides is 1. The van der Waals surface area contributed by atoms with Crippen LogP contribution < -0.4 is 19.5 Å². The van der Waals surface area contributed by atoms with E-state index in [-0.39, 0.29) is 18.1 Å². The average Bonchev–Trinajstić information content (AvgIpc) is 3.51. The van der Waals surface area contributed by atoms with Crippen molar-refractivity contribution in [1.82, 2.24) is 10.3 Å². The van der Waals surface area contributed by atoms with E-state index in [0.29, 0.717) is 30.6 Å². The fourth-order valence-electron chi connectivity index (χ4n) is 3.21. The number of hydrogen-bond donors (Lipinski definition) is 1. The number of fused-ring (bicyclic) bond motifs is 1. The van der Waals surface area contributed by atoms with Gasteiger partial charge in [0.15, 0.2) is 11.5 Å². The molecule has 0 bridgehead atoms. The topological polar surface area (TPSA) is 69.7 Å². The molecule has 1 amide bonds. The summed E-state index contributed by atoms with van der Waals surface area (Å²) in [6, 6.07) is 9.34. The molecule has 1 fully saturated rings. The van der Waals surface area contributed by atoms with Gasteiger partial charge < -0.3 is 19.5 Å². The SMILES string of the molecule is CC(C)Oc1ccc(C(=O)N[C@@H](c2ccc3c(c2)OCCO3)C2CC2)cn1. The van der Waals surface area contributed by atoms with Crippen LogP contribution in [-0.4, -0.2) is 30.2 Å². The molecule has 4 rings (SSSR count). The zero-order valence-corrected chi connectivity index (χ0v) is 15.6. The number of rotatable bonds is 6. The molecule has 1 atom stereocenters. The average molecular weight is 368 g/mol. The Hall–Kier alpha value is -2.76. The summed E-state index contributed by atoms with van der Waals surface area (Å²) in [5.74, 6) is 2.34. The highest BCUT2D eigenvalue weighted by molar-refractivity contribution is 5.94. The second kappa shape index (κ2) is 7.47. The summed E-state index contributed by atoms with van der Waals surface area (Å²) in [6.45, 7) is 5.00. The largest absolute Gasteiger partial charge is 0.486 e.